The Labute approximate surface area is 178 Å². The topological polar surface area (TPSA) is 61.4 Å². The number of carbonyl (C=O) groups excluding carboxylic acids is 2. The van der Waals surface area contributed by atoms with Crippen LogP contribution in [0.15, 0.2) is 60.7 Å². The molecule has 3 aromatic rings. The second-order valence-electron chi connectivity index (χ2n) is 7.47. The number of aryl methyl sites for hydroxylation is 1. The summed E-state index contributed by atoms with van der Waals surface area (Å²) in [6.45, 7) is 2.73. The first-order valence-corrected chi connectivity index (χ1v) is 9.91. The lowest BCUT2D eigenvalue weighted by Gasteiger charge is -2.18. The first kappa shape index (κ1) is 20.5. The fourth-order valence-corrected chi connectivity index (χ4v) is 3.54. The number of nitrogens with one attached hydrogen (secondary N) is 2. The van der Waals surface area contributed by atoms with E-state index in [0.717, 1.165) is 47.0 Å². The molecule has 3 aromatic carbocycles. The van der Waals surface area contributed by atoms with Gasteiger partial charge in [0.2, 0.25) is 0 Å². The number of anilines is 2. The molecule has 0 unspecified atom stereocenters. The van der Waals surface area contributed by atoms with E-state index in [-0.39, 0.29) is 18.1 Å². The summed E-state index contributed by atoms with van der Waals surface area (Å²) in [7, 11) is 0. The van der Waals surface area contributed by atoms with Gasteiger partial charge in [-0.05, 0) is 54.8 Å². The van der Waals surface area contributed by atoms with Gasteiger partial charge in [-0.2, -0.15) is 0 Å². The third kappa shape index (κ3) is 4.55. The monoisotopic (exact) mass is 421 g/mol. The third-order valence-corrected chi connectivity index (χ3v) is 5.22. The van der Waals surface area contributed by atoms with Crippen molar-refractivity contribution in [2.24, 2.45) is 0 Å². The molecule has 158 valence electrons. The van der Waals surface area contributed by atoms with E-state index in [1.807, 2.05) is 49.4 Å². The molecule has 0 atom stereocenters. The molecule has 3 amide bonds. The summed E-state index contributed by atoms with van der Waals surface area (Å²) in [5.41, 5.74) is 4.15. The van der Waals surface area contributed by atoms with Crippen LogP contribution in [0.1, 0.15) is 27.0 Å². The molecule has 0 bridgehead atoms. The highest BCUT2D eigenvalue weighted by atomic mass is 19.1. The Balaban J connectivity index is 1.44. The maximum absolute atomic E-state index is 13.7. The Bertz CT molecular complexity index is 1150. The van der Waals surface area contributed by atoms with Crippen LogP contribution in [-0.4, -0.2) is 18.5 Å². The zero-order valence-electron chi connectivity index (χ0n) is 16.9. The quantitative estimate of drug-likeness (QED) is 0.636. The molecule has 0 saturated carbocycles. The van der Waals surface area contributed by atoms with Crippen LogP contribution in [-0.2, 0) is 13.0 Å². The molecule has 1 aliphatic rings. The van der Waals surface area contributed by atoms with Gasteiger partial charge in [0.25, 0.3) is 5.91 Å². The van der Waals surface area contributed by atoms with E-state index in [4.69, 9.17) is 0 Å². The Kier molecular flexibility index (Phi) is 5.66. The van der Waals surface area contributed by atoms with Crippen molar-refractivity contribution in [3.05, 3.63) is 94.6 Å². The van der Waals surface area contributed by atoms with Crippen LogP contribution in [0.4, 0.5) is 25.0 Å². The second-order valence-corrected chi connectivity index (χ2v) is 7.47. The fraction of sp³-hybridized carbons (Fsp3) is 0.167. The number of hydrogen-bond donors (Lipinski definition) is 2. The number of hydrogen-bond acceptors (Lipinski definition) is 2. The molecule has 5 nitrogen and oxygen atoms in total. The van der Waals surface area contributed by atoms with Crippen molar-refractivity contribution in [3.8, 4) is 0 Å². The number of halogens is 2. The molecule has 7 heteroatoms. The Hall–Kier alpha value is -3.74. The van der Waals surface area contributed by atoms with Gasteiger partial charge in [0.05, 0.1) is 5.69 Å². The highest BCUT2D eigenvalue weighted by Crippen LogP contribution is 2.30. The van der Waals surface area contributed by atoms with Crippen LogP contribution in [0.3, 0.4) is 0 Å². The molecule has 0 saturated heterocycles. The number of benzene rings is 3. The van der Waals surface area contributed by atoms with E-state index in [1.54, 1.807) is 4.90 Å². The van der Waals surface area contributed by atoms with Crippen LogP contribution in [0.25, 0.3) is 0 Å². The number of rotatable bonds is 4. The largest absolute Gasteiger partial charge is 0.334 e. The average Bonchev–Trinajstić information content (AvgIpc) is 3.18. The van der Waals surface area contributed by atoms with E-state index in [1.165, 1.54) is 0 Å². The molecule has 0 fully saturated rings. The Morgan fingerprint density at radius 3 is 2.55 bits per heavy atom. The summed E-state index contributed by atoms with van der Waals surface area (Å²) < 4.78 is 26.9. The van der Waals surface area contributed by atoms with Gasteiger partial charge in [0, 0.05) is 30.4 Å². The van der Waals surface area contributed by atoms with Crippen molar-refractivity contribution >= 4 is 23.3 Å². The zero-order chi connectivity index (χ0) is 22.0. The minimum atomic E-state index is -0.723. The highest BCUT2D eigenvalue weighted by Gasteiger charge is 2.25. The molecule has 2 N–H and O–H groups in total. The van der Waals surface area contributed by atoms with Crippen molar-refractivity contribution in [2.45, 2.75) is 19.9 Å². The SMILES string of the molecule is Cc1ccc(C(=O)N2CCc3ccc(CNC(=O)Nc4cc(F)ccc4F)cc32)cc1. The summed E-state index contributed by atoms with van der Waals surface area (Å²) in [4.78, 5) is 26.8. The van der Waals surface area contributed by atoms with Crippen LogP contribution in [0.2, 0.25) is 0 Å². The van der Waals surface area contributed by atoms with Crippen LogP contribution in [0.5, 0.6) is 0 Å². The van der Waals surface area contributed by atoms with Crippen LogP contribution in [0, 0.1) is 18.6 Å². The van der Waals surface area contributed by atoms with Gasteiger partial charge in [0.1, 0.15) is 11.6 Å². The van der Waals surface area contributed by atoms with Gasteiger partial charge in [-0.3, -0.25) is 4.79 Å². The average molecular weight is 421 g/mol. The molecule has 31 heavy (non-hydrogen) atoms. The lowest BCUT2D eigenvalue weighted by atomic mass is 10.1. The van der Waals surface area contributed by atoms with Crippen molar-refractivity contribution in [2.75, 3.05) is 16.8 Å². The minimum Gasteiger partial charge on any atom is -0.334 e. The first-order valence-electron chi connectivity index (χ1n) is 9.91. The van der Waals surface area contributed by atoms with E-state index >= 15 is 0 Å². The van der Waals surface area contributed by atoms with Crippen LogP contribution >= 0.6 is 0 Å². The van der Waals surface area contributed by atoms with E-state index in [2.05, 4.69) is 10.6 Å². The van der Waals surface area contributed by atoms with Gasteiger partial charge in [0.15, 0.2) is 0 Å². The fourth-order valence-electron chi connectivity index (χ4n) is 3.54. The lowest BCUT2D eigenvalue weighted by Crippen LogP contribution is -2.30. The van der Waals surface area contributed by atoms with Gasteiger partial charge >= 0.3 is 6.03 Å². The third-order valence-electron chi connectivity index (χ3n) is 5.22. The summed E-state index contributed by atoms with van der Waals surface area (Å²) in [6.07, 6.45) is 0.764. The number of nitrogens with zero attached hydrogens (tertiary/aromatic N) is 1. The number of carbonyl (C=O) groups is 2. The maximum atomic E-state index is 13.7. The maximum Gasteiger partial charge on any atom is 0.319 e. The van der Waals surface area contributed by atoms with E-state index in [0.29, 0.717) is 12.1 Å². The molecule has 0 radical (unpaired) electrons. The van der Waals surface area contributed by atoms with Gasteiger partial charge in [-0.25, -0.2) is 13.6 Å². The smallest absolute Gasteiger partial charge is 0.319 e. The van der Waals surface area contributed by atoms with Gasteiger partial charge in [-0.1, -0.05) is 29.8 Å². The molecule has 1 heterocycles. The normalized spacial score (nSPS) is 12.4. The molecule has 0 spiro atoms. The summed E-state index contributed by atoms with van der Waals surface area (Å²) >= 11 is 0. The second kappa shape index (κ2) is 8.55. The summed E-state index contributed by atoms with van der Waals surface area (Å²) in [5.74, 6) is -1.43. The molecule has 4 rings (SSSR count). The molecular weight excluding hydrogens is 400 g/mol. The number of fused-ring (bicyclic) bond motifs is 1. The zero-order valence-corrected chi connectivity index (χ0v) is 16.9. The molecule has 0 aromatic heterocycles. The van der Waals surface area contributed by atoms with E-state index < -0.39 is 17.7 Å². The number of amides is 3. The highest BCUT2D eigenvalue weighted by molar-refractivity contribution is 6.07. The number of urea groups is 1. The predicted molar refractivity (Wildman–Crippen MR) is 115 cm³/mol. The summed E-state index contributed by atoms with van der Waals surface area (Å²) in [5, 5.41) is 4.92. The Morgan fingerprint density at radius 1 is 1.00 bits per heavy atom. The molecule has 0 aliphatic carbocycles. The molecule has 1 aliphatic heterocycles. The van der Waals surface area contributed by atoms with Gasteiger partial charge < -0.3 is 15.5 Å². The van der Waals surface area contributed by atoms with Crippen molar-refractivity contribution < 1.29 is 18.4 Å². The predicted octanol–water partition coefficient (Wildman–Crippen LogP) is 4.80. The first-order chi connectivity index (χ1) is 14.9. The standard InChI is InChI=1S/C24H21F2N3O2/c1-15-2-5-18(6-3-15)23(30)29-11-10-17-7-4-16(12-22(17)29)14-27-24(31)28-21-13-19(25)8-9-20(21)26/h2-9,12-13H,10-11,14H2,1H3,(H2,27,28,31). The van der Waals surface area contributed by atoms with E-state index in [9.17, 15) is 18.4 Å². The Morgan fingerprint density at radius 2 is 1.77 bits per heavy atom. The lowest BCUT2D eigenvalue weighted by molar-refractivity contribution is 0.0989. The minimum absolute atomic E-state index is 0.0665. The van der Waals surface area contributed by atoms with Crippen molar-refractivity contribution in [3.63, 3.8) is 0 Å². The van der Waals surface area contributed by atoms with Crippen molar-refractivity contribution in [1.82, 2.24) is 5.32 Å². The summed E-state index contributed by atoms with van der Waals surface area (Å²) in [6, 6.07) is 15.3. The molecular formula is C24H21F2N3O2. The van der Waals surface area contributed by atoms with Crippen LogP contribution < -0.4 is 15.5 Å². The van der Waals surface area contributed by atoms with Crippen molar-refractivity contribution in [1.29, 1.82) is 0 Å². The van der Waals surface area contributed by atoms with Gasteiger partial charge in [-0.15, -0.1) is 0 Å².